The summed E-state index contributed by atoms with van der Waals surface area (Å²) in [6.07, 6.45) is -4.50. The second kappa shape index (κ2) is 8.98. The molecule has 0 atom stereocenters. The number of rotatable bonds is 7. The summed E-state index contributed by atoms with van der Waals surface area (Å²) in [5.41, 5.74) is 1.14. The number of aryl methyl sites for hydroxylation is 2. The summed E-state index contributed by atoms with van der Waals surface area (Å²) < 4.78 is 44.3. The lowest BCUT2D eigenvalue weighted by atomic mass is 10.1. The molecule has 26 heavy (non-hydrogen) atoms. The Bertz CT molecular complexity index is 742. The fourth-order valence-electron chi connectivity index (χ4n) is 2.43. The first-order valence-corrected chi connectivity index (χ1v) is 9.16. The normalized spacial score (nSPS) is 11.3. The maximum Gasteiger partial charge on any atom is 0.418 e. The highest BCUT2D eigenvalue weighted by Crippen LogP contribution is 2.34. The van der Waals surface area contributed by atoms with Crippen LogP contribution in [-0.4, -0.2) is 24.0 Å². The molecule has 0 radical (unpaired) electrons. The summed E-state index contributed by atoms with van der Waals surface area (Å²) in [7, 11) is 0. The molecule has 0 bridgehead atoms. The standard InChI is InChI=1S/C19H20F3NO2S/c1-13-9-14(2)11-15(10-13)25-7-8-26-12-18(24)23-17-6-4-3-5-16(17)19(20,21)22/h3-6,9-11H,7-8,12H2,1-2H3,(H,23,24). The van der Waals surface area contributed by atoms with Gasteiger partial charge in [0, 0.05) is 5.75 Å². The Hall–Kier alpha value is -2.15. The maximum atomic E-state index is 12.9. The third-order valence-electron chi connectivity index (χ3n) is 3.43. The molecule has 0 aliphatic carbocycles. The molecule has 0 aromatic heterocycles. The minimum absolute atomic E-state index is 0.0579. The van der Waals surface area contributed by atoms with Crippen LogP contribution in [0.4, 0.5) is 18.9 Å². The zero-order valence-electron chi connectivity index (χ0n) is 14.5. The van der Waals surface area contributed by atoms with Gasteiger partial charge in [-0.2, -0.15) is 13.2 Å². The summed E-state index contributed by atoms with van der Waals surface area (Å²) in [4.78, 5) is 11.9. The summed E-state index contributed by atoms with van der Waals surface area (Å²) in [6, 6.07) is 10.8. The Morgan fingerprint density at radius 1 is 1.12 bits per heavy atom. The largest absolute Gasteiger partial charge is 0.493 e. The van der Waals surface area contributed by atoms with E-state index in [4.69, 9.17) is 4.74 Å². The van der Waals surface area contributed by atoms with Crippen molar-refractivity contribution in [2.75, 3.05) is 23.4 Å². The van der Waals surface area contributed by atoms with Crippen molar-refractivity contribution in [2.45, 2.75) is 20.0 Å². The van der Waals surface area contributed by atoms with Crippen LogP contribution in [0.3, 0.4) is 0 Å². The molecular formula is C19H20F3NO2S. The van der Waals surface area contributed by atoms with Gasteiger partial charge in [0.1, 0.15) is 5.75 Å². The number of carbonyl (C=O) groups is 1. The van der Waals surface area contributed by atoms with Gasteiger partial charge in [-0.1, -0.05) is 18.2 Å². The van der Waals surface area contributed by atoms with Crippen molar-refractivity contribution in [1.29, 1.82) is 0 Å². The van der Waals surface area contributed by atoms with E-state index in [0.717, 1.165) is 22.9 Å². The van der Waals surface area contributed by atoms with Gasteiger partial charge >= 0.3 is 6.18 Å². The van der Waals surface area contributed by atoms with Gasteiger partial charge in [-0.05, 0) is 49.2 Å². The lowest BCUT2D eigenvalue weighted by molar-refractivity contribution is -0.137. The highest BCUT2D eigenvalue weighted by atomic mass is 32.2. The summed E-state index contributed by atoms with van der Waals surface area (Å²) in [6.45, 7) is 4.38. The van der Waals surface area contributed by atoms with Crippen LogP contribution in [-0.2, 0) is 11.0 Å². The van der Waals surface area contributed by atoms with E-state index in [0.29, 0.717) is 12.4 Å². The van der Waals surface area contributed by atoms with Crippen molar-refractivity contribution in [3.8, 4) is 5.75 Å². The van der Waals surface area contributed by atoms with Gasteiger partial charge < -0.3 is 10.1 Å². The molecule has 0 aliphatic heterocycles. The van der Waals surface area contributed by atoms with E-state index >= 15 is 0 Å². The SMILES string of the molecule is Cc1cc(C)cc(OCCSCC(=O)Nc2ccccc2C(F)(F)F)c1. The fourth-order valence-corrected chi connectivity index (χ4v) is 3.03. The van der Waals surface area contributed by atoms with E-state index in [9.17, 15) is 18.0 Å². The van der Waals surface area contributed by atoms with Gasteiger partial charge in [0.25, 0.3) is 0 Å². The van der Waals surface area contributed by atoms with Crippen molar-refractivity contribution in [3.63, 3.8) is 0 Å². The average Bonchev–Trinajstić information content (AvgIpc) is 2.53. The second-order valence-electron chi connectivity index (χ2n) is 5.82. The second-order valence-corrected chi connectivity index (χ2v) is 6.92. The first-order chi connectivity index (χ1) is 12.3. The Labute approximate surface area is 154 Å². The molecule has 2 aromatic rings. The van der Waals surface area contributed by atoms with Crippen LogP contribution in [0, 0.1) is 13.8 Å². The van der Waals surface area contributed by atoms with Gasteiger partial charge in [-0.25, -0.2) is 0 Å². The van der Waals surface area contributed by atoms with Crippen molar-refractivity contribution in [1.82, 2.24) is 0 Å². The maximum absolute atomic E-state index is 12.9. The van der Waals surface area contributed by atoms with Crippen LogP contribution in [0.25, 0.3) is 0 Å². The molecule has 2 aromatic carbocycles. The average molecular weight is 383 g/mol. The molecule has 3 nitrogen and oxygen atoms in total. The van der Waals surface area contributed by atoms with Crippen LogP contribution in [0.1, 0.15) is 16.7 Å². The Morgan fingerprint density at radius 2 is 1.77 bits per heavy atom. The molecule has 0 fully saturated rings. The van der Waals surface area contributed by atoms with Gasteiger partial charge in [-0.15, -0.1) is 11.8 Å². The summed E-state index contributed by atoms with van der Waals surface area (Å²) in [5.74, 6) is 0.911. The number of para-hydroxylation sites is 1. The molecule has 0 spiro atoms. The summed E-state index contributed by atoms with van der Waals surface area (Å²) >= 11 is 1.30. The Balaban J connectivity index is 1.76. The molecule has 1 amide bonds. The Kier molecular flexibility index (Phi) is 6.97. The third-order valence-corrected chi connectivity index (χ3v) is 4.35. The van der Waals surface area contributed by atoms with Gasteiger partial charge in [0.05, 0.1) is 23.6 Å². The predicted molar refractivity (Wildman–Crippen MR) is 98.8 cm³/mol. The van der Waals surface area contributed by atoms with Crippen LogP contribution < -0.4 is 10.1 Å². The molecule has 1 N–H and O–H groups in total. The number of benzene rings is 2. The minimum atomic E-state index is -4.50. The number of amides is 1. The zero-order valence-corrected chi connectivity index (χ0v) is 15.3. The van der Waals surface area contributed by atoms with Gasteiger partial charge in [0.2, 0.25) is 5.91 Å². The highest BCUT2D eigenvalue weighted by molar-refractivity contribution is 7.99. The molecule has 0 saturated carbocycles. The van der Waals surface area contributed by atoms with E-state index < -0.39 is 17.6 Å². The van der Waals surface area contributed by atoms with Gasteiger partial charge in [-0.3, -0.25) is 4.79 Å². The minimum Gasteiger partial charge on any atom is -0.493 e. The number of hydrogen-bond donors (Lipinski definition) is 1. The number of ether oxygens (including phenoxy) is 1. The third kappa shape index (κ3) is 6.29. The lowest BCUT2D eigenvalue weighted by Crippen LogP contribution is -2.18. The number of hydrogen-bond acceptors (Lipinski definition) is 3. The van der Waals surface area contributed by atoms with Crippen LogP contribution in [0.2, 0.25) is 0 Å². The van der Waals surface area contributed by atoms with Crippen molar-refractivity contribution in [3.05, 3.63) is 59.2 Å². The van der Waals surface area contributed by atoms with E-state index in [-0.39, 0.29) is 11.4 Å². The van der Waals surface area contributed by atoms with Crippen molar-refractivity contribution in [2.24, 2.45) is 0 Å². The van der Waals surface area contributed by atoms with E-state index in [1.807, 2.05) is 32.0 Å². The first kappa shape index (κ1) is 20.2. The predicted octanol–water partition coefficient (Wildman–Crippen LogP) is 5.07. The molecule has 0 saturated heterocycles. The zero-order chi connectivity index (χ0) is 19.2. The number of carbonyl (C=O) groups excluding carboxylic acids is 1. The van der Waals surface area contributed by atoms with Crippen LogP contribution >= 0.6 is 11.8 Å². The molecule has 140 valence electrons. The Morgan fingerprint density at radius 3 is 2.42 bits per heavy atom. The first-order valence-electron chi connectivity index (χ1n) is 8.00. The summed E-state index contributed by atoms with van der Waals surface area (Å²) in [5, 5.41) is 2.32. The number of alkyl halides is 3. The molecule has 0 unspecified atom stereocenters. The molecule has 0 heterocycles. The van der Waals surface area contributed by atoms with Crippen molar-refractivity contribution < 1.29 is 22.7 Å². The highest BCUT2D eigenvalue weighted by Gasteiger charge is 2.33. The van der Waals surface area contributed by atoms with Crippen LogP contribution in [0.15, 0.2) is 42.5 Å². The molecular weight excluding hydrogens is 363 g/mol. The quantitative estimate of drug-likeness (QED) is 0.678. The molecule has 7 heteroatoms. The fraction of sp³-hybridized carbons (Fsp3) is 0.316. The number of anilines is 1. The molecule has 2 rings (SSSR count). The van der Waals surface area contributed by atoms with E-state index in [2.05, 4.69) is 5.32 Å². The van der Waals surface area contributed by atoms with Gasteiger partial charge in [0.15, 0.2) is 0 Å². The number of halogens is 3. The molecule has 0 aliphatic rings. The van der Waals surface area contributed by atoms with Crippen molar-refractivity contribution >= 4 is 23.4 Å². The monoisotopic (exact) mass is 383 g/mol. The van der Waals surface area contributed by atoms with E-state index in [1.54, 1.807) is 0 Å². The smallest absolute Gasteiger partial charge is 0.418 e. The number of thioether (sulfide) groups is 1. The topological polar surface area (TPSA) is 38.3 Å². The lowest BCUT2D eigenvalue weighted by Gasteiger charge is -2.13. The number of nitrogens with one attached hydrogen (secondary N) is 1. The van der Waals surface area contributed by atoms with E-state index in [1.165, 1.54) is 30.0 Å². The van der Waals surface area contributed by atoms with Crippen LogP contribution in [0.5, 0.6) is 5.75 Å².